The lowest BCUT2D eigenvalue weighted by molar-refractivity contribution is -0.123. The summed E-state index contributed by atoms with van der Waals surface area (Å²) in [6, 6.07) is 6.24. The van der Waals surface area contributed by atoms with Crippen LogP contribution in [0.25, 0.3) is 0 Å². The van der Waals surface area contributed by atoms with Gasteiger partial charge in [-0.05, 0) is 51.1 Å². The third kappa shape index (κ3) is 3.81. The Morgan fingerprint density at radius 3 is 2.52 bits per heavy atom. The number of carbonyl (C=O) groups excluding carboxylic acids is 1. The molecule has 21 heavy (non-hydrogen) atoms. The van der Waals surface area contributed by atoms with Crippen molar-refractivity contribution in [3.8, 4) is 0 Å². The first-order valence-corrected chi connectivity index (χ1v) is 8.49. The van der Waals surface area contributed by atoms with Gasteiger partial charge in [0.05, 0.1) is 17.0 Å². The maximum atomic E-state index is 12.0. The van der Waals surface area contributed by atoms with E-state index in [1.807, 2.05) is 6.92 Å². The average Bonchev–Trinajstić information content (AvgIpc) is 3.01. The molecule has 1 aromatic carbocycles. The lowest BCUT2D eigenvalue weighted by atomic mass is 10.1. The summed E-state index contributed by atoms with van der Waals surface area (Å²) >= 11 is 0. The summed E-state index contributed by atoms with van der Waals surface area (Å²) in [5.41, 5.74) is 0.872. The van der Waals surface area contributed by atoms with Crippen LogP contribution in [0.3, 0.4) is 0 Å². The van der Waals surface area contributed by atoms with Gasteiger partial charge in [-0.3, -0.25) is 4.79 Å². The van der Waals surface area contributed by atoms with Crippen molar-refractivity contribution in [3.05, 3.63) is 29.8 Å². The Kier molecular flexibility index (Phi) is 4.97. The number of hydrogen-bond donors (Lipinski definition) is 3. The van der Waals surface area contributed by atoms with E-state index in [4.69, 9.17) is 0 Å². The fraction of sp³-hybridized carbons (Fsp3) is 0.500. The highest BCUT2D eigenvalue weighted by molar-refractivity contribution is 7.89. The van der Waals surface area contributed by atoms with Gasteiger partial charge in [-0.1, -0.05) is 12.1 Å². The van der Waals surface area contributed by atoms with E-state index in [9.17, 15) is 13.2 Å². The summed E-state index contributed by atoms with van der Waals surface area (Å²) in [5, 5.41) is 6.09. The summed E-state index contributed by atoms with van der Waals surface area (Å²) in [6.07, 6.45) is 1.88. The van der Waals surface area contributed by atoms with Crippen LogP contribution in [0.15, 0.2) is 29.2 Å². The van der Waals surface area contributed by atoms with Gasteiger partial charge in [-0.25, -0.2) is 13.1 Å². The van der Waals surface area contributed by atoms with E-state index < -0.39 is 10.0 Å². The van der Waals surface area contributed by atoms with E-state index >= 15 is 0 Å². The maximum Gasteiger partial charge on any atom is 0.240 e. The second-order valence-corrected chi connectivity index (χ2v) is 7.04. The van der Waals surface area contributed by atoms with Gasteiger partial charge in [0, 0.05) is 0 Å². The number of amides is 1. The van der Waals surface area contributed by atoms with Crippen LogP contribution in [-0.4, -0.2) is 34.0 Å². The summed E-state index contributed by atoms with van der Waals surface area (Å²) < 4.78 is 25.6. The lowest BCUT2D eigenvalue weighted by Crippen LogP contribution is -2.41. The molecule has 116 valence electrons. The summed E-state index contributed by atoms with van der Waals surface area (Å²) in [4.78, 5) is 12.2. The van der Waals surface area contributed by atoms with E-state index in [-0.39, 0.29) is 22.9 Å². The van der Waals surface area contributed by atoms with Crippen LogP contribution < -0.4 is 15.4 Å². The number of benzene rings is 1. The fourth-order valence-electron chi connectivity index (χ4n) is 2.36. The molecule has 2 rings (SSSR count). The molecule has 1 heterocycles. The second-order valence-electron chi connectivity index (χ2n) is 5.16. The van der Waals surface area contributed by atoms with Crippen molar-refractivity contribution in [2.75, 3.05) is 13.6 Å². The Morgan fingerprint density at radius 1 is 1.33 bits per heavy atom. The van der Waals surface area contributed by atoms with Crippen molar-refractivity contribution in [2.24, 2.45) is 0 Å². The van der Waals surface area contributed by atoms with Gasteiger partial charge < -0.3 is 10.6 Å². The highest BCUT2D eigenvalue weighted by Gasteiger charge is 2.23. The van der Waals surface area contributed by atoms with Gasteiger partial charge in [0.25, 0.3) is 0 Å². The molecule has 1 amide bonds. The van der Waals surface area contributed by atoms with Gasteiger partial charge >= 0.3 is 0 Å². The molecule has 7 heteroatoms. The van der Waals surface area contributed by atoms with E-state index in [2.05, 4.69) is 15.4 Å². The Morgan fingerprint density at radius 2 is 2.00 bits per heavy atom. The van der Waals surface area contributed by atoms with Crippen LogP contribution >= 0.6 is 0 Å². The SMILES string of the molecule is CNS(=O)(=O)c1ccc(C(C)NC(=O)C2CCCN2)cc1. The Bertz CT molecular complexity index is 592. The molecule has 2 unspecified atom stereocenters. The first-order valence-electron chi connectivity index (χ1n) is 7.01. The summed E-state index contributed by atoms with van der Waals surface area (Å²) in [5.74, 6) is -0.00748. The number of sulfonamides is 1. The summed E-state index contributed by atoms with van der Waals surface area (Å²) in [6.45, 7) is 2.76. The zero-order valence-corrected chi connectivity index (χ0v) is 13.0. The molecule has 0 aromatic heterocycles. The first kappa shape index (κ1) is 15.9. The van der Waals surface area contributed by atoms with Gasteiger partial charge in [-0.15, -0.1) is 0 Å². The van der Waals surface area contributed by atoms with Crippen LogP contribution in [0.1, 0.15) is 31.4 Å². The van der Waals surface area contributed by atoms with E-state index in [1.54, 1.807) is 12.1 Å². The molecule has 3 N–H and O–H groups in total. The average molecular weight is 311 g/mol. The highest BCUT2D eigenvalue weighted by Crippen LogP contribution is 2.17. The molecule has 0 bridgehead atoms. The van der Waals surface area contributed by atoms with Gasteiger partial charge in [-0.2, -0.15) is 0 Å². The number of rotatable bonds is 5. The standard InChI is InChI=1S/C14H21N3O3S/c1-10(17-14(18)13-4-3-9-16-13)11-5-7-12(8-6-11)21(19,20)15-2/h5-8,10,13,15-16H,3-4,9H2,1-2H3,(H,17,18). The molecule has 1 aliphatic heterocycles. The molecule has 0 saturated carbocycles. The molecule has 2 atom stereocenters. The van der Waals surface area contributed by atoms with Crippen LogP contribution in [0, 0.1) is 0 Å². The molecular weight excluding hydrogens is 290 g/mol. The topological polar surface area (TPSA) is 87.3 Å². The molecule has 1 fully saturated rings. The zero-order valence-electron chi connectivity index (χ0n) is 12.2. The van der Waals surface area contributed by atoms with Crippen molar-refractivity contribution in [2.45, 2.75) is 36.7 Å². The minimum atomic E-state index is -3.42. The van der Waals surface area contributed by atoms with Crippen LogP contribution in [0.4, 0.5) is 0 Å². The quantitative estimate of drug-likeness (QED) is 0.740. The smallest absolute Gasteiger partial charge is 0.240 e. The monoisotopic (exact) mass is 311 g/mol. The minimum Gasteiger partial charge on any atom is -0.348 e. The molecule has 0 aliphatic carbocycles. The molecule has 0 radical (unpaired) electrons. The van der Waals surface area contributed by atoms with Crippen LogP contribution in [0.2, 0.25) is 0 Å². The second kappa shape index (κ2) is 6.55. The Hall–Kier alpha value is -1.44. The molecule has 0 spiro atoms. The largest absolute Gasteiger partial charge is 0.348 e. The highest BCUT2D eigenvalue weighted by atomic mass is 32.2. The molecule has 1 aromatic rings. The van der Waals surface area contributed by atoms with E-state index in [0.717, 1.165) is 24.9 Å². The summed E-state index contributed by atoms with van der Waals surface area (Å²) in [7, 11) is -2.05. The number of hydrogen-bond acceptors (Lipinski definition) is 4. The predicted molar refractivity (Wildman–Crippen MR) is 80.3 cm³/mol. The number of carbonyl (C=O) groups is 1. The Balaban J connectivity index is 2.02. The fourth-order valence-corrected chi connectivity index (χ4v) is 3.09. The lowest BCUT2D eigenvalue weighted by Gasteiger charge is -2.18. The van der Waals surface area contributed by atoms with E-state index in [1.165, 1.54) is 19.2 Å². The van der Waals surface area contributed by atoms with Crippen molar-refractivity contribution < 1.29 is 13.2 Å². The van der Waals surface area contributed by atoms with Gasteiger partial charge in [0.2, 0.25) is 15.9 Å². The predicted octanol–water partition coefficient (Wildman–Crippen LogP) is 0.524. The first-order chi connectivity index (χ1) is 9.94. The van der Waals surface area contributed by atoms with E-state index in [0.29, 0.717) is 0 Å². The Labute approximate surface area is 125 Å². The van der Waals surface area contributed by atoms with Crippen LogP contribution in [0.5, 0.6) is 0 Å². The molecule has 6 nitrogen and oxygen atoms in total. The van der Waals surface area contributed by atoms with Gasteiger partial charge in [0.15, 0.2) is 0 Å². The molecular formula is C14H21N3O3S. The van der Waals surface area contributed by atoms with Crippen molar-refractivity contribution in [3.63, 3.8) is 0 Å². The third-order valence-electron chi connectivity index (χ3n) is 3.69. The van der Waals surface area contributed by atoms with Crippen molar-refractivity contribution in [1.82, 2.24) is 15.4 Å². The maximum absolute atomic E-state index is 12.0. The normalized spacial score (nSPS) is 20.2. The molecule has 1 saturated heterocycles. The van der Waals surface area contributed by atoms with Gasteiger partial charge in [0.1, 0.15) is 0 Å². The van der Waals surface area contributed by atoms with Crippen LogP contribution in [-0.2, 0) is 14.8 Å². The van der Waals surface area contributed by atoms with Crippen molar-refractivity contribution >= 4 is 15.9 Å². The zero-order chi connectivity index (χ0) is 15.5. The van der Waals surface area contributed by atoms with Crippen molar-refractivity contribution in [1.29, 1.82) is 0 Å². The minimum absolute atomic E-state index is 0.00748. The number of nitrogens with one attached hydrogen (secondary N) is 3. The molecule has 1 aliphatic rings. The third-order valence-corrected chi connectivity index (χ3v) is 5.12.